The first-order valence-corrected chi connectivity index (χ1v) is 9.92. The third-order valence-electron chi connectivity index (χ3n) is 4.33. The third kappa shape index (κ3) is 3.52. The van der Waals surface area contributed by atoms with Crippen molar-refractivity contribution in [2.45, 2.75) is 19.0 Å². The van der Waals surface area contributed by atoms with Gasteiger partial charge in [-0.3, -0.25) is 19.3 Å². The molecule has 9 nitrogen and oxygen atoms in total. The van der Waals surface area contributed by atoms with Gasteiger partial charge >= 0.3 is 0 Å². The first kappa shape index (κ1) is 19.2. The van der Waals surface area contributed by atoms with Crippen molar-refractivity contribution in [3.63, 3.8) is 0 Å². The van der Waals surface area contributed by atoms with Gasteiger partial charge < -0.3 is 5.73 Å². The normalized spacial score (nSPS) is 11.3. The Morgan fingerprint density at radius 1 is 1.31 bits per heavy atom. The third-order valence-corrected chi connectivity index (χ3v) is 5.66. The van der Waals surface area contributed by atoms with Crippen molar-refractivity contribution in [2.75, 3.05) is 11.5 Å². The maximum absolute atomic E-state index is 13.1. The summed E-state index contributed by atoms with van der Waals surface area (Å²) in [5.41, 5.74) is 7.76. The number of halogens is 1. The number of aromatic amines is 1. The Morgan fingerprint density at radius 3 is 2.79 bits per heavy atom. The fraction of sp³-hybridized carbons (Fsp3) is 0.167. The average Bonchev–Trinajstić information content (AvgIpc) is 3.28. The van der Waals surface area contributed by atoms with Gasteiger partial charge in [-0.05, 0) is 31.5 Å². The van der Waals surface area contributed by atoms with Crippen molar-refractivity contribution in [1.29, 1.82) is 0 Å². The van der Waals surface area contributed by atoms with E-state index in [1.807, 2.05) is 13.0 Å². The molecule has 0 bridgehead atoms. The number of aryl methyl sites for hydroxylation is 2. The molecule has 0 saturated carbocycles. The molecule has 11 heteroatoms. The summed E-state index contributed by atoms with van der Waals surface area (Å²) in [7, 11) is 0. The minimum atomic E-state index is -0.307. The van der Waals surface area contributed by atoms with Gasteiger partial charge in [0.25, 0.3) is 11.5 Å². The SMILES string of the molecule is Cc1ccc(-n2c(SCC(=O)n3nc(N)cc3C)nc3[nH]ncc3c2=O)cc1Cl. The van der Waals surface area contributed by atoms with Crippen molar-refractivity contribution in [2.24, 2.45) is 0 Å². The Bertz CT molecular complexity index is 1310. The highest BCUT2D eigenvalue weighted by molar-refractivity contribution is 7.99. The summed E-state index contributed by atoms with van der Waals surface area (Å²) in [6, 6.07) is 6.90. The number of carbonyl (C=O) groups is 1. The Morgan fingerprint density at radius 2 is 2.10 bits per heavy atom. The van der Waals surface area contributed by atoms with Crippen LogP contribution in [-0.2, 0) is 0 Å². The lowest BCUT2D eigenvalue weighted by Gasteiger charge is -2.12. The van der Waals surface area contributed by atoms with Gasteiger partial charge in [0.15, 0.2) is 10.8 Å². The van der Waals surface area contributed by atoms with Gasteiger partial charge in [-0.15, -0.1) is 5.10 Å². The highest BCUT2D eigenvalue weighted by atomic mass is 35.5. The van der Waals surface area contributed by atoms with E-state index in [4.69, 9.17) is 17.3 Å². The maximum Gasteiger partial charge on any atom is 0.269 e. The zero-order chi connectivity index (χ0) is 20.7. The number of nitrogen functional groups attached to an aromatic ring is 1. The average molecular weight is 430 g/mol. The van der Waals surface area contributed by atoms with E-state index >= 15 is 0 Å². The molecule has 0 amide bonds. The molecule has 0 unspecified atom stereocenters. The molecule has 0 saturated heterocycles. The minimum absolute atomic E-state index is 0.00758. The lowest BCUT2D eigenvalue weighted by molar-refractivity contribution is 0.0924. The Labute approximate surface area is 173 Å². The second-order valence-electron chi connectivity index (χ2n) is 6.41. The molecule has 0 fully saturated rings. The number of rotatable bonds is 4. The van der Waals surface area contributed by atoms with E-state index in [0.717, 1.165) is 17.3 Å². The van der Waals surface area contributed by atoms with Crippen LogP contribution < -0.4 is 11.3 Å². The zero-order valence-corrected chi connectivity index (χ0v) is 17.1. The molecule has 29 heavy (non-hydrogen) atoms. The number of hydrogen-bond acceptors (Lipinski definition) is 7. The van der Waals surface area contributed by atoms with E-state index in [2.05, 4.69) is 20.3 Å². The van der Waals surface area contributed by atoms with Crippen LogP contribution in [0.15, 0.2) is 40.4 Å². The van der Waals surface area contributed by atoms with Crippen LogP contribution in [0.25, 0.3) is 16.7 Å². The number of aromatic nitrogens is 6. The number of thioether (sulfide) groups is 1. The summed E-state index contributed by atoms with van der Waals surface area (Å²) in [5, 5.41) is 11.8. The lowest BCUT2D eigenvalue weighted by atomic mass is 10.2. The Kier molecular flexibility index (Phi) is 4.89. The molecule has 3 heterocycles. The van der Waals surface area contributed by atoms with E-state index < -0.39 is 0 Å². The first-order chi connectivity index (χ1) is 13.8. The Hall–Kier alpha value is -3.11. The van der Waals surface area contributed by atoms with Crippen LogP contribution in [0.5, 0.6) is 0 Å². The molecule has 0 aliphatic carbocycles. The van der Waals surface area contributed by atoms with Crippen molar-refractivity contribution < 1.29 is 4.79 Å². The smallest absolute Gasteiger partial charge is 0.269 e. The highest BCUT2D eigenvalue weighted by Gasteiger charge is 2.18. The van der Waals surface area contributed by atoms with Crippen LogP contribution in [-0.4, -0.2) is 41.2 Å². The molecule has 0 aliphatic rings. The summed E-state index contributed by atoms with van der Waals surface area (Å²) in [6.07, 6.45) is 1.42. The molecule has 148 valence electrons. The van der Waals surface area contributed by atoms with Gasteiger partial charge in [-0.25, -0.2) is 9.67 Å². The van der Waals surface area contributed by atoms with Crippen LogP contribution in [0.2, 0.25) is 5.02 Å². The molecule has 0 aliphatic heterocycles. The predicted molar refractivity (Wildman–Crippen MR) is 112 cm³/mol. The highest BCUT2D eigenvalue weighted by Crippen LogP contribution is 2.24. The molecule has 0 radical (unpaired) electrons. The first-order valence-electron chi connectivity index (χ1n) is 8.56. The van der Waals surface area contributed by atoms with Gasteiger partial charge in [-0.2, -0.15) is 5.10 Å². The second kappa shape index (κ2) is 7.37. The molecule has 4 aromatic rings. The number of H-pyrrole nitrogens is 1. The summed E-state index contributed by atoms with van der Waals surface area (Å²) >= 11 is 7.37. The van der Waals surface area contributed by atoms with E-state index in [0.29, 0.717) is 32.6 Å². The van der Waals surface area contributed by atoms with Crippen molar-refractivity contribution in [1.82, 2.24) is 29.5 Å². The van der Waals surface area contributed by atoms with Crippen LogP contribution in [0.3, 0.4) is 0 Å². The fourth-order valence-corrected chi connectivity index (χ4v) is 3.88. The number of benzene rings is 1. The number of fused-ring (bicyclic) bond motifs is 1. The number of hydrogen-bond donors (Lipinski definition) is 2. The van der Waals surface area contributed by atoms with Crippen LogP contribution in [0.4, 0.5) is 5.82 Å². The topological polar surface area (TPSA) is 124 Å². The van der Waals surface area contributed by atoms with Gasteiger partial charge in [0, 0.05) is 16.8 Å². The van der Waals surface area contributed by atoms with Gasteiger partial charge in [0.1, 0.15) is 11.2 Å². The molecular weight excluding hydrogens is 414 g/mol. The van der Waals surface area contributed by atoms with Crippen LogP contribution in [0, 0.1) is 13.8 Å². The number of nitrogens with zero attached hydrogens (tertiary/aromatic N) is 5. The van der Waals surface area contributed by atoms with E-state index in [1.165, 1.54) is 15.4 Å². The van der Waals surface area contributed by atoms with Gasteiger partial charge in [0.05, 0.1) is 17.6 Å². The van der Waals surface area contributed by atoms with Crippen molar-refractivity contribution in [3.05, 3.63) is 57.1 Å². The number of anilines is 1. The molecule has 3 aromatic heterocycles. The maximum atomic E-state index is 13.1. The van der Waals surface area contributed by atoms with Crippen molar-refractivity contribution in [3.8, 4) is 5.69 Å². The largest absolute Gasteiger partial charge is 0.382 e. The fourth-order valence-electron chi connectivity index (χ4n) is 2.86. The van der Waals surface area contributed by atoms with E-state index in [-0.39, 0.29) is 23.0 Å². The molecule has 0 spiro atoms. The summed E-state index contributed by atoms with van der Waals surface area (Å²) in [6.45, 7) is 3.61. The monoisotopic (exact) mass is 429 g/mol. The number of nitrogens with one attached hydrogen (secondary N) is 1. The zero-order valence-electron chi connectivity index (χ0n) is 15.5. The van der Waals surface area contributed by atoms with E-state index in [1.54, 1.807) is 25.1 Å². The van der Waals surface area contributed by atoms with Crippen LogP contribution >= 0.6 is 23.4 Å². The van der Waals surface area contributed by atoms with Gasteiger partial charge in [0.2, 0.25) is 0 Å². The van der Waals surface area contributed by atoms with Crippen molar-refractivity contribution >= 4 is 46.1 Å². The number of nitrogens with two attached hydrogens (primary N) is 1. The standard InChI is InChI=1S/C18H16ClN7O2S/c1-9-3-4-11(6-13(9)19)25-17(28)12-7-21-23-16(12)22-18(25)29-8-15(27)26-10(2)5-14(20)24-26/h3-7H,8H2,1-2H3,(H2,20,24)(H,21,23). The summed E-state index contributed by atoms with van der Waals surface area (Å²) in [4.78, 5) is 30.1. The minimum Gasteiger partial charge on any atom is -0.382 e. The molecular formula is C18H16ClN7O2S. The quantitative estimate of drug-likeness (QED) is 0.377. The molecule has 1 aromatic carbocycles. The summed E-state index contributed by atoms with van der Waals surface area (Å²) in [5.74, 6) is -0.00566. The molecule has 3 N–H and O–H groups in total. The number of carbonyl (C=O) groups excluding carboxylic acids is 1. The second-order valence-corrected chi connectivity index (χ2v) is 7.76. The molecule has 0 atom stereocenters. The lowest BCUT2D eigenvalue weighted by Crippen LogP contribution is -2.23. The van der Waals surface area contributed by atoms with E-state index in [9.17, 15) is 9.59 Å². The Balaban J connectivity index is 1.76. The van der Waals surface area contributed by atoms with Crippen LogP contribution in [0.1, 0.15) is 16.1 Å². The van der Waals surface area contributed by atoms with Gasteiger partial charge in [-0.1, -0.05) is 29.4 Å². The molecule has 4 rings (SSSR count). The predicted octanol–water partition coefficient (Wildman–Crippen LogP) is 2.59. The summed E-state index contributed by atoms with van der Waals surface area (Å²) < 4.78 is 2.66.